The first-order valence-electron chi connectivity index (χ1n) is 9.69. The Hall–Kier alpha value is -2.17. The highest BCUT2D eigenvalue weighted by Gasteiger charge is 2.34. The fourth-order valence-electron chi connectivity index (χ4n) is 3.59. The standard InChI is InChI=1S/C16H27N9O4S2/c1-10(8-17)22-31(28,29)13-3-2-12(25-6-4-11(9-18)5-7-25)14(15(13)30(19,26)27)16-20-23-24-21-16/h2-3,10-11,22H,4-9,17-18H2,1H3,(H2,19,26,27)(H,20,21,23,24)/t10-/m1/s1. The average molecular weight is 474 g/mol. The number of H-pyrrole nitrogens is 1. The molecular weight excluding hydrogens is 446 g/mol. The number of nitrogens with zero attached hydrogens (tertiary/aromatic N) is 4. The van der Waals surface area contributed by atoms with Crippen molar-refractivity contribution >= 4 is 25.7 Å². The monoisotopic (exact) mass is 473 g/mol. The summed E-state index contributed by atoms with van der Waals surface area (Å²) in [5.41, 5.74) is 11.7. The smallest absolute Gasteiger partial charge is 0.242 e. The normalized spacial score (nSPS) is 17.1. The van der Waals surface area contributed by atoms with Crippen LogP contribution in [0.2, 0.25) is 0 Å². The van der Waals surface area contributed by atoms with Crippen LogP contribution in [0.3, 0.4) is 0 Å². The Balaban J connectivity index is 2.24. The van der Waals surface area contributed by atoms with Crippen LogP contribution in [0.5, 0.6) is 0 Å². The Morgan fingerprint density at radius 2 is 1.90 bits per heavy atom. The number of sulfonamides is 2. The largest absolute Gasteiger partial charge is 0.371 e. The van der Waals surface area contributed by atoms with Crippen molar-refractivity contribution in [3.63, 3.8) is 0 Å². The molecule has 1 aliphatic heterocycles. The van der Waals surface area contributed by atoms with Crippen LogP contribution < -0.4 is 26.2 Å². The minimum atomic E-state index is -4.51. The van der Waals surface area contributed by atoms with Crippen LogP contribution in [0, 0.1) is 5.92 Å². The lowest BCUT2D eigenvalue weighted by Gasteiger charge is -2.34. The third-order valence-corrected chi connectivity index (χ3v) is 8.01. The van der Waals surface area contributed by atoms with Gasteiger partial charge in [0.05, 0.1) is 5.56 Å². The fourth-order valence-corrected chi connectivity index (χ4v) is 6.45. The summed E-state index contributed by atoms with van der Waals surface area (Å²) < 4.78 is 53.6. The highest BCUT2D eigenvalue weighted by atomic mass is 32.2. The van der Waals surface area contributed by atoms with Crippen molar-refractivity contribution in [2.45, 2.75) is 35.6 Å². The van der Waals surface area contributed by atoms with Crippen LogP contribution >= 0.6 is 0 Å². The second kappa shape index (κ2) is 9.13. The summed E-state index contributed by atoms with van der Waals surface area (Å²) in [7, 11) is -8.77. The van der Waals surface area contributed by atoms with Gasteiger partial charge in [0.25, 0.3) is 0 Å². The highest BCUT2D eigenvalue weighted by molar-refractivity contribution is 7.92. The summed E-state index contributed by atoms with van der Waals surface area (Å²) in [6.45, 7) is 3.36. The maximum atomic E-state index is 13.0. The van der Waals surface area contributed by atoms with E-state index in [1.165, 1.54) is 12.1 Å². The van der Waals surface area contributed by atoms with E-state index in [0.717, 1.165) is 12.8 Å². The lowest BCUT2D eigenvalue weighted by Crippen LogP contribution is -2.39. The molecule has 172 valence electrons. The number of nitrogens with two attached hydrogens (primary N) is 3. The Kier molecular flexibility index (Phi) is 6.92. The first kappa shape index (κ1) is 23.5. The van der Waals surface area contributed by atoms with Crippen molar-refractivity contribution in [3.8, 4) is 11.4 Å². The van der Waals surface area contributed by atoms with Crippen LogP contribution in [-0.2, 0) is 20.0 Å². The first-order chi connectivity index (χ1) is 14.6. The minimum Gasteiger partial charge on any atom is -0.371 e. The summed E-state index contributed by atoms with van der Waals surface area (Å²) >= 11 is 0. The number of benzene rings is 1. The van der Waals surface area contributed by atoms with Crippen LogP contribution in [0.4, 0.5) is 5.69 Å². The summed E-state index contributed by atoms with van der Waals surface area (Å²) in [5, 5.41) is 18.9. The van der Waals surface area contributed by atoms with Gasteiger partial charge >= 0.3 is 0 Å². The Morgan fingerprint density at radius 3 is 2.42 bits per heavy atom. The summed E-state index contributed by atoms with van der Waals surface area (Å²) in [6, 6.07) is 2.14. The lowest BCUT2D eigenvalue weighted by molar-refractivity contribution is 0.414. The molecule has 31 heavy (non-hydrogen) atoms. The molecular formula is C16H27N9O4S2. The molecule has 2 aromatic rings. The number of tetrazole rings is 1. The lowest BCUT2D eigenvalue weighted by atomic mass is 9.96. The van der Waals surface area contributed by atoms with Crippen LogP contribution in [0.1, 0.15) is 19.8 Å². The van der Waals surface area contributed by atoms with Crippen LogP contribution in [0.25, 0.3) is 11.4 Å². The van der Waals surface area contributed by atoms with Gasteiger partial charge in [-0.25, -0.2) is 31.8 Å². The van der Waals surface area contributed by atoms with Gasteiger partial charge in [0.2, 0.25) is 20.0 Å². The summed E-state index contributed by atoms with van der Waals surface area (Å²) in [6.07, 6.45) is 1.62. The quantitative estimate of drug-likeness (QED) is 0.293. The van der Waals surface area contributed by atoms with E-state index in [4.69, 9.17) is 16.6 Å². The molecule has 0 saturated carbocycles. The molecule has 0 unspecified atom stereocenters. The van der Waals surface area contributed by atoms with E-state index in [9.17, 15) is 16.8 Å². The Morgan fingerprint density at radius 1 is 1.23 bits per heavy atom. The topological polar surface area (TPSA) is 216 Å². The number of anilines is 1. The SMILES string of the molecule is C[C@H](CN)NS(=O)(=O)c1ccc(N2CCC(CN)CC2)c(-c2nnn[nH]2)c1S(N)(=O)=O. The molecule has 1 fully saturated rings. The first-order valence-corrected chi connectivity index (χ1v) is 12.7. The number of aromatic amines is 1. The fraction of sp³-hybridized carbons (Fsp3) is 0.562. The molecule has 0 amide bonds. The van der Waals surface area contributed by atoms with Gasteiger partial charge < -0.3 is 16.4 Å². The van der Waals surface area contributed by atoms with Crippen molar-refractivity contribution in [1.29, 1.82) is 0 Å². The van der Waals surface area contributed by atoms with E-state index in [0.29, 0.717) is 31.2 Å². The van der Waals surface area contributed by atoms with Gasteiger partial charge in [-0.15, -0.1) is 5.10 Å². The molecule has 0 aliphatic carbocycles. The van der Waals surface area contributed by atoms with E-state index in [1.54, 1.807) is 6.92 Å². The molecule has 0 spiro atoms. The second-order valence-corrected chi connectivity index (χ2v) is 10.7. The van der Waals surface area contributed by atoms with E-state index < -0.39 is 35.9 Å². The molecule has 13 nitrogen and oxygen atoms in total. The van der Waals surface area contributed by atoms with Gasteiger partial charge in [-0.05, 0) is 54.8 Å². The maximum absolute atomic E-state index is 13.0. The zero-order chi connectivity index (χ0) is 22.8. The maximum Gasteiger partial charge on any atom is 0.242 e. The van der Waals surface area contributed by atoms with Gasteiger partial charge in [0, 0.05) is 31.4 Å². The molecule has 0 bridgehead atoms. The summed E-state index contributed by atoms with van der Waals surface area (Å²) in [5.74, 6) is 0.356. The molecule has 8 N–H and O–H groups in total. The molecule has 15 heteroatoms. The van der Waals surface area contributed by atoms with Crippen LogP contribution in [-0.4, -0.2) is 69.7 Å². The molecule has 1 aliphatic rings. The van der Waals surface area contributed by atoms with Crippen LogP contribution in [0.15, 0.2) is 21.9 Å². The number of primary sulfonamides is 1. The molecule has 1 aromatic heterocycles. The second-order valence-electron chi connectivity index (χ2n) is 7.51. The van der Waals surface area contributed by atoms with Gasteiger partial charge in [-0.2, -0.15) is 0 Å². The van der Waals surface area contributed by atoms with Crippen molar-refractivity contribution in [2.75, 3.05) is 31.1 Å². The number of hydrogen-bond donors (Lipinski definition) is 5. The molecule has 3 rings (SSSR count). The molecule has 1 atom stereocenters. The van der Waals surface area contributed by atoms with Crippen molar-refractivity contribution in [2.24, 2.45) is 22.5 Å². The molecule has 0 radical (unpaired) electrons. The van der Waals surface area contributed by atoms with E-state index in [1.807, 2.05) is 4.90 Å². The predicted molar refractivity (Wildman–Crippen MR) is 114 cm³/mol. The average Bonchev–Trinajstić information content (AvgIpc) is 3.26. The zero-order valence-electron chi connectivity index (χ0n) is 17.0. The van der Waals surface area contributed by atoms with Gasteiger partial charge in [-0.1, -0.05) is 0 Å². The number of piperidine rings is 1. The van der Waals surface area contributed by atoms with Gasteiger partial charge in [0.15, 0.2) is 5.82 Å². The molecule has 1 saturated heterocycles. The molecule has 1 aromatic carbocycles. The number of aromatic nitrogens is 4. The van der Waals surface area contributed by atoms with Gasteiger partial charge in [0.1, 0.15) is 9.79 Å². The van der Waals surface area contributed by atoms with E-state index >= 15 is 0 Å². The van der Waals surface area contributed by atoms with E-state index in [2.05, 4.69) is 25.3 Å². The number of hydrogen-bond acceptors (Lipinski definition) is 10. The Labute approximate surface area is 180 Å². The Bertz CT molecular complexity index is 1110. The number of rotatable bonds is 8. The van der Waals surface area contributed by atoms with E-state index in [-0.39, 0.29) is 17.9 Å². The summed E-state index contributed by atoms with van der Waals surface area (Å²) in [4.78, 5) is 0.869. The third kappa shape index (κ3) is 5.02. The van der Waals surface area contributed by atoms with Gasteiger partial charge in [-0.3, -0.25) is 0 Å². The van der Waals surface area contributed by atoms with Crippen molar-refractivity contribution < 1.29 is 16.8 Å². The highest BCUT2D eigenvalue weighted by Crippen LogP contribution is 2.39. The van der Waals surface area contributed by atoms with Crippen molar-refractivity contribution in [3.05, 3.63) is 12.1 Å². The number of nitrogens with one attached hydrogen (secondary N) is 2. The third-order valence-electron chi connectivity index (χ3n) is 5.25. The minimum absolute atomic E-state index is 0.00183. The van der Waals surface area contributed by atoms with Crippen molar-refractivity contribution in [1.82, 2.24) is 25.3 Å². The zero-order valence-corrected chi connectivity index (χ0v) is 18.7. The predicted octanol–water partition coefficient (Wildman–Crippen LogP) is -1.69. The molecule has 2 heterocycles.